The first kappa shape index (κ1) is 31.0. The normalized spacial score (nSPS) is 16.8. The van der Waals surface area contributed by atoms with Crippen LogP contribution in [0.2, 0.25) is 0 Å². The lowest BCUT2D eigenvalue weighted by atomic mass is 10.0. The first-order chi connectivity index (χ1) is 20.5. The molecule has 1 aliphatic heterocycles. The highest BCUT2D eigenvalue weighted by atomic mass is 16.4. The number of rotatable bonds is 13. The first-order valence-electron chi connectivity index (χ1n) is 14.0. The second-order valence-corrected chi connectivity index (χ2v) is 10.7. The van der Waals surface area contributed by atoms with Crippen LogP contribution in [0.3, 0.4) is 0 Å². The third-order valence-electron chi connectivity index (χ3n) is 7.57. The largest absolute Gasteiger partial charge is 0.508 e. The fourth-order valence-electron chi connectivity index (χ4n) is 5.29. The van der Waals surface area contributed by atoms with Crippen molar-refractivity contribution < 1.29 is 34.2 Å². The summed E-state index contributed by atoms with van der Waals surface area (Å²) in [6, 6.07) is 9.16. The number of phenols is 1. The molecule has 1 saturated heterocycles. The van der Waals surface area contributed by atoms with Crippen LogP contribution in [0.5, 0.6) is 5.75 Å². The van der Waals surface area contributed by atoms with Crippen molar-refractivity contribution in [2.24, 2.45) is 11.5 Å². The highest BCUT2D eigenvalue weighted by molar-refractivity contribution is 5.95. The molecule has 4 rings (SSSR count). The Morgan fingerprint density at radius 3 is 2.42 bits per heavy atom. The predicted octanol–water partition coefficient (Wildman–Crippen LogP) is 0.297. The number of amides is 4. The van der Waals surface area contributed by atoms with Gasteiger partial charge in [-0.1, -0.05) is 30.3 Å². The van der Waals surface area contributed by atoms with Gasteiger partial charge in [-0.05, 0) is 55.0 Å². The molecule has 4 atom stereocenters. The number of likely N-dealkylation sites (tertiary alicyclic amines) is 1. The van der Waals surface area contributed by atoms with Gasteiger partial charge in [0.1, 0.15) is 23.9 Å². The number of aromatic amines is 1. The number of carboxylic acid groups (broad SMARTS) is 1. The molecule has 4 unspecified atom stereocenters. The van der Waals surface area contributed by atoms with Crippen LogP contribution in [0.1, 0.15) is 36.8 Å². The van der Waals surface area contributed by atoms with Crippen molar-refractivity contribution in [3.8, 4) is 5.75 Å². The van der Waals surface area contributed by atoms with Crippen molar-refractivity contribution in [3.63, 3.8) is 0 Å². The molecule has 13 heteroatoms. The van der Waals surface area contributed by atoms with E-state index in [4.69, 9.17) is 11.5 Å². The SMILES string of the molecule is NC(=O)CCC(NC(=O)C(N)Cc1ccc(O)cc1)C(=O)N1CCCC1C(=O)NC(Cc1c[nH]c2ccccc12)C(=O)O. The number of hydrogen-bond acceptors (Lipinski definition) is 7. The van der Waals surface area contributed by atoms with Gasteiger partial charge in [0.25, 0.3) is 0 Å². The lowest BCUT2D eigenvalue weighted by molar-refractivity contribution is -0.145. The summed E-state index contributed by atoms with van der Waals surface area (Å²) in [7, 11) is 0. The van der Waals surface area contributed by atoms with E-state index in [1.165, 1.54) is 17.0 Å². The second-order valence-electron chi connectivity index (χ2n) is 10.7. The summed E-state index contributed by atoms with van der Waals surface area (Å²) in [5.74, 6) is -3.67. The van der Waals surface area contributed by atoms with Gasteiger partial charge >= 0.3 is 5.97 Å². The number of aromatic nitrogens is 1. The van der Waals surface area contributed by atoms with Crippen molar-refractivity contribution in [1.82, 2.24) is 20.5 Å². The van der Waals surface area contributed by atoms with Crippen LogP contribution in [-0.4, -0.2) is 80.4 Å². The predicted molar refractivity (Wildman–Crippen MR) is 156 cm³/mol. The molecule has 4 amide bonds. The average Bonchev–Trinajstić information content (AvgIpc) is 3.63. The van der Waals surface area contributed by atoms with E-state index in [-0.39, 0.29) is 38.0 Å². The fraction of sp³-hybridized carbons (Fsp3) is 0.367. The second kappa shape index (κ2) is 13.8. The molecule has 228 valence electrons. The Hall–Kier alpha value is -4.91. The van der Waals surface area contributed by atoms with Crippen LogP contribution in [0.25, 0.3) is 10.9 Å². The van der Waals surface area contributed by atoms with Gasteiger partial charge in [0, 0.05) is 36.5 Å². The first-order valence-corrected chi connectivity index (χ1v) is 14.0. The number of carboxylic acids is 1. The van der Waals surface area contributed by atoms with Gasteiger partial charge in [-0.25, -0.2) is 4.79 Å². The van der Waals surface area contributed by atoms with Gasteiger partial charge in [0.15, 0.2) is 0 Å². The van der Waals surface area contributed by atoms with Crippen molar-refractivity contribution in [1.29, 1.82) is 0 Å². The molecule has 43 heavy (non-hydrogen) atoms. The molecule has 0 bridgehead atoms. The van der Waals surface area contributed by atoms with Gasteiger partial charge in [0.2, 0.25) is 23.6 Å². The Morgan fingerprint density at radius 2 is 1.72 bits per heavy atom. The Balaban J connectivity index is 1.44. The number of aliphatic carboxylic acids is 1. The van der Waals surface area contributed by atoms with Crippen LogP contribution < -0.4 is 22.1 Å². The van der Waals surface area contributed by atoms with Crippen molar-refractivity contribution in [3.05, 3.63) is 65.9 Å². The Bertz CT molecular complexity index is 1490. The molecule has 2 aromatic carbocycles. The van der Waals surface area contributed by atoms with E-state index in [0.29, 0.717) is 18.4 Å². The molecule has 9 N–H and O–H groups in total. The highest BCUT2D eigenvalue weighted by Gasteiger charge is 2.39. The third-order valence-corrected chi connectivity index (χ3v) is 7.57. The number of nitrogens with zero attached hydrogens (tertiary/aromatic N) is 1. The van der Waals surface area contributed by atoms with E-state index in [0.717, 1.165) is 16.5 Å². The topological polar surface area (TPSA) is 221 Å². The smallest absolute Gasteiger partial charge is 0.326 e. The zero-order valence-corrected chi connectivity index (χ0v) is 23.5. The van der Waals surface area contributed by atoms with Crippen molar-refractivity contribution in [2.75, 3.05) is 6.54 Å². The van der Waals surface area contributed by atoms with E-state index < -0.39 is 53.8 Å². The summed E-state index contributed by atoms with van der Waals surface area (Å²) in [5.41, 5.74) is 13.6. The number of nitrogens with one attached hydrogen (secondary N) is 3. The van der Waals surface area contributed by atoms with Gasteiger partial charge in [-0.2, -0.15) is 0 Å². The van der Waals surface area contributed by atoms with E-state index >= 15 is 0 Å². The summed E-state index contributed by atoms with van der Waals surface area (Å²) in [6.45, 7) is 0.208. The van der Waals surface area contributed by atoms with E-state index in [1.54, 1.807) is 18.3 Å². The zero-order chi connectivity index (χ0) is 31.1. The third kappa shape index (κ3) is 7.89. The molecule has 0 saturated carbocycles. The molecule has 1 fully saturated rings. The minimum absolute atomic E-state index is 0.0297. The molecule has 0 spiro atoms. The number of phenolic OH excluding ortho intramolecular Hbond substituents is 1. The monoisotopic (exact) mass is 592 g/mol. The molecule has 2 heterocycles. The standard InChI is InChI=1S/C30H36N6O7/c31-21(14-17-7-9-19(37)10-8-17)27(39)34-23(11-12-26(32)38)29(41)36-13-3-6-25(36)28(40)35-24(30(42)43)15-18-16-33-22-5-2-1-4-20(18)22/h1-2,4-5,7-10,16,21,23-25,33,37H,3,6,11-15,31H2,(H2,32,38)(H,34,39)(H,35,40)(H,42,43). The van der Waals surface area contributed by atoms with Crippen LogP contribution in [0.15, 0.2) is 54.7 Å². The minimum atomic E-state index is -1.24. The maximum absolute atomic E-state index is 13.6. The van der Waals surface area contributed by atoms with E-state index in [1.807, 2.05) is 24.3 Å². The molecular weight excluding hydrogens is 556 g/mol. The van der Waals surface area contributed by atoms with E-state index in [9.17, 15) is 34.2 Å². The number of para-hydroxylation sites is 1. The number of primary amides is 1. The number of H-pyrrole nitrogens is 1. The van der Waals surface area contributed by atoms with Crippen LogP contribution in [-0.2, 0) is 36.8 Å². The molecule has 0 radical (unpaired) electrons. The Labute approximate surface area is 247 Å². The zero-order valence-electron chi connectivity index (χ0n) is 23.5. The number of hydrogen-bond donors (Lipinski definition) is 7. The number of aromatic hydroxyl groups is 1. The number of fused-ring (bicyclic) bond motifs is 1. The van der Waals surface area contributed by atoms with Crippen LogP contribution in [0.4, 0.5) is 0 Å². The van der Waals surface area contributed by atoms with Gasteiger partial charge in [-0.3, -0.25) is 19.2 Å². The van der Waals surface area contributed by atoms with Gasteiger partial charge < -0.3 is 42.2 Å². The summed E-state index contributed by atoms with van der Waals surface area (Å²) in [6.07, 6.45) is 2.35. The number of nitrogens with two attached hydrogens (primary N) is 2. The number of carbonyl (C=O) groups excluding carboxylic acids is 4. The van der Waals surface area contributed by atoms with Crippen molar-refractivity contribution >= 4 is 40.5 Å². The molecule has 3 aromatic rings. The Morgan fingerprint density at radius 1 is 1.00 bits per heavy atom. The molecule has 1 aromatic heterocycles. The molecular formula is C30H36N6O7. The van der Waals surface area contributed by atoms with Crippen molar-refractivity contribution in [2.45, 2.75) is 62.7 Å². The summed E-state index contributed by atoms with van der Waals surface area (Å²) < 4.78 is 0. The van der Waals surface area contributed by atoms with Gasteiger partial charge in [0.05, 0.1) is 6.04 Å². The Kier molecular flexibility index (Phi) is 9.99. The molecule has 1 aliphatic rings. The highest BCUT2D eigenvalue weighted by Crippen LogP contribution is 2.22. The lowest BCUT2D eigenvalue weighted by Crippen LogP contribution is -2.57. The summed E-state index contributed by atoms with van der Waals surface area (Å²) in [4.78, 5) is 67.9. The van der Waals surface area contributed by atoms with Gasteiger partial charge in [-0.15, -0.1) is 0 Å². The average molecular weight is 593 g/mol. The van der Waals surface area contributed by atoms with E-state index in [2.05, 4.69) is 15.6 Å². The quantitative estimate of drug-likeness (QED) is 0.146. The lowest BCUT2D eigenvalue weighted by Gasteiger charge is -2.30. The van der Waals surface area contributed by atoms with Crippen LogP contribution in [0, 0.1) is 0 Å². The maximum Gasteiger partial charge on any atom is 0.326 e. The van der Waals surface area contributed by atoms with Crippen LogP contribution >= 0.6 is 0 Å². The molecule has 13 nitrogen and oxygen atoms in total. The summed E-state index contributed by atoms with van der Waals surface area (Å²) in [5, 5.41) is 25.4. The maximum atomic E-state index is 13.6. The minimum Gasteiger partial charge on any atom is -0.508 e. The number of carbonyl (C=O) groups is 5. The summed E-state index contributed by atoms with van der Waals surface area (Å²) >= 11 is 0. The molecule has 0 aliphatic carbocycles. The number of benzene rings is 2. The fourth-order valence-corrected chi connectivity index (χ4v) is 5.29.